The van der Waals surface area contributed by atoms with E-state index in [2.05, 4.69) is 12.1 Å². The summed E-state index contributed by atoms with van der Waals surface area (Å²) in [7, 11) is 0. The third kappa shape index (κ3) is 2.56. The lowest BCUT2D eigenvalue weighted by Gasteiger charge is -2.01. The molecule has 0 aliphatic heterocycles. The van der Waals surface area contributed by atoms with Crippen LogP contribution in [0.4, 0.5) is 0 Å². The van der Waals surface area contributed by atoms with Crippen LogP contribution in [0.1, 0.15) is 11.1 Å². The number of rotatable bonds is 3. The monoisotopic (exact) mass is 268 g/mol. The van der Waals surface area contributed by atoms with Gasteiger partial charge in [-0.15, -0.1) is 0 Å². The minimum Gasteiger partial charge on any atom is -0.465 e. The zero-order valence-corrected chi connectivity index (χ0v) is 11.1. The minimum absolute atomic E-state index is 0.808. The van der Waals surface area contributed by atoms with Gasteiger partial charge < -0.3 is 4.74 Å². The van der Waals surface area contributed by atoms with Gasteiger partial charge in [0.05, 0.1) is 6.26 Å². The van der Waals surface area contributed by atoms with Gasteiger partial charge in [-0.05, 0) is 34.9 Å². The summed E-state index contributed by atoms with van der Waals surface area (Å²) < 4.78 is 5.56. The Kier molecular flexibility index (Phi) is 3.39. The number of ether oxygens (including phenoxy) is 1. The predicted octanol–water partition coefficient (Wildman–Crippen LogP) is 4.79. The third-order valence-electron chi connectivity index (χ3n) is 3.13. The van der Waals surface area contributed by atoms with Crippen molar-refractivity contribution < 1.29 is 4.74 Å². The van der Waals surface area contributed by atoms with Crippen LogP contribution in [0.5, 0.6) is 5.75 Å². The average molecular weight is 269 g/mol. The lowest BCUT2D eigenvalue weighted by atomic mass is 10.1. The third-order valence-corrected chi connectivity index (χ3v) is 3.46. The fraction of sp³-hybridized carbons (Fsp3) is 0.0588. The van der Waals surface area contributed by atoms with E-state index in [1.54, 1.807) is 6.26 Å². The summed E-state index contributed by atoms with van der Waals surface area (Å²) in [6, 6.07) is 18.0. The highest BCUT2D eigenvalue weighted by Gasteiger charge is 2.17. The molecular formula is C17H13ClO. The molecule has 0 spiro atoms. The summed E-state index contributed by atoms with van der Waals surface area (Å²) in [4.78, 5) is 0. The molecule has 0 saturated carbocycles. The van der Waals surface area contributed by atoms with E-state index in [1.165, 1.54) is 11.1 Å². The molecule has 0 heterocycles. The molecule has 0 N–H and O–H groups in total. The van der Waals surface area contributed by atoms with Crippen molar-refractivity contribution in [3.05, 3.63) is 83.1 Å². The largest absolute Gasteiger partial charge is 0.465 e. The molecule has 1 nitrogen and oxygen atoms in total. The van der Waals surface area contributed by atoms with Gasteiger partial charge in [0.2, 0.25) is 0 Å². The Labute approximate surface area is 117 Å². The van der Waals surface area contributed by atoms with Crippen LogP contribution in [0.3, 0.4) is 0 Å². The zero-order valence-electron chi connectivity index (χ0n) is 10.3. The highest BCUT2D eigenvalue weighted by atomic mass is 35.5. The summed E-state index contributed by atoms with van der Waals surface area (Å²) in [5, 5.41) is 0.870. The number of para-hydroxylation sites is 1. The molecule has 2 aromatic rings. The molecule has 19 heavy (non-hydrogen) atoms. The first-order valence-corrected chi connectivity index (χ1v) is 6.57. The molecule has 2 heteroatoms. The molecule has 0 bridgehead atoms. The highest BCUT2D eigenvalue weighted by molar-refractivity contribution is 6.34. The van der Waals surface area contributed by atoms with Crippen molar-refractivity contribution in [3.8, 4) is 5.75 Å². The van der Waals surface area contributed by atoms with Gasteiger partial charge in [0, 0.05) is 11.5 Å². The van der Waals surface area contributed by atoms with Crippen LogP contribution in [-0.4, -0.2) is 0 Å². The number of allylic oxidation sites excluding steroid dienone is 3. The minimum atomic E-state index is 0.808. The molecule has 0 radical (unpaired) electrons. The summed E-state index contributed by atoms with van der Waals surface area (Å²) in [6.45, 7) is 0. The van der Waals surface area contributed by atoms with Crippen LogP contribution < -0.4 is 4.74 Å². The second kappa shape index (κ2) is 5.33. The van der Waals surface area contributed by atoms with Gasteiger partial charge in [-0.1, -0.05) is 54.1 Å². The molecule has 1 aliphatic carbocycles. The van der Waals surface area contributed by atoms with E-state index >= 15 is 0 Å². The maximum atomic E-state index is 6.30. The lowest BCUT2D eigenvalue weighted by Crippen LogP contribution is -1.83. The predicted molar refractivity (Wildman–Crippen MR) is 79.1 cm³/mol. The fourth-order valence-corrected chi connectivity index (χ4v) is 2.51. The Morgan fingerprint density at radius 1 is 0.947 bits per heavy atom. The topological polar surface area (TPSA) is 9.23 Å². The molecule has 3 rings (SSSR count). The van der Waals surface area contributed by atoms with Gasteiger partial charge >= 0.3 is 0 Å². The van der Waals surface area contributed by atoms with Crippen molar-refractivity contribution in [1.82, 2.24) is 0 Å². The molecule has 0 saturated heterocycles. The molecule has 0 amide bonds. The summed E-state index contributed by atoms with van der Waals surface area (Å²) >= 11 is 6.30. The normalized spacial score (nSPS) is 13.9. The molecule has 0 aromatic heterocycles. The van der Waals surface area contributed by atoms with E-state index in [-0.39, 0.29) is 0 Å². The van der Waals surface area contributed by atoms with E-state index in [4.69, 9.17) is 16.3 Å². The number of hydrogen-bond donors (Lipinski definition) is 0. The SMILES string of the molecule is ClC1=C(C=COc2ccccc2)c2ccccc2C1. The second-order valence-corrected chi connectivity index (χ2v) is 4.84. The van der Waals surface area contributed by atoms with Crippen molar-refractivity contribution in [2.45, 2.75) is 6.42 Å². The van der Waals surface area contributed by atoms with Gasteiger partial charge in [0.1, 0.15) is 5.75 Å². The van der Waals surface area contributed by atoms with E-state index in [0.717, 1.165) is 22.8 Å². The summed E-state index contributed by atoms with van der Waals surface area (Å²) in [5.41, 5.74) is 3.51. The highest BCUT2D eigenvalue weighted by Crippen LogP contribution is 2.35. The molecular weight excluding hydrogens is 256 g/mol. The van der Waals surface area contributed by atoms with Crippen LogP contribution in [0.2, 0.25) is 0 Å². The molecule has 2 aromatic carbocycles. The molecule has 1 aliphatic rings. The quantitative estimate of drug-likeness (QED) is 0.728. The number of fused-ring (bicyclic) bond motifs is 1. The Morgan fingerprint density at radius 2 is 1.68 bits per heavy atom. The van der Waals surface area contributed by atoms with Crippen LogP contribution >= 0.6 is 11.6 Å². The first-order chi connectivity index (χ1) is 9.34. The lowest BCUT2D eigenvalue weighted by molar-refractivity contribution is 0.481. The number of benzene rings is 2. The first kappa shape index (κ1) is 12.1. The Bertz CT molecular complexity index is 641. The van der Waals surface area contributed by atoms with Crippen LogP contribution in [0.15, 0.2) is 72.0 Å². The fourth-order valence-electron chi connectivity index (χ4n) is 2.21. The van der Waals surface area contributed by atoms with Crippen molar-refractivity contribution in [2.75, 3.05) is 0 Å². The van der Waals surface area contributed by atoms with E-state index in [9.17, 15) is 0 Å². The van der Waals surface area contributed by atoms with Gasteiger partial charge in [-0.2, -0.15) is 0 Å². The van der Waals surface area contributed by atoms with Crippen molar-refractivity contribution >= 4 is 17.2 Å². The van der Waals surface area contributed by atoms with Crippen molar-refractivity contribution in [3.63, 3.8) is 0 Å². The standard InChI is InChI=1S/C17H13ClO/c18-17-12-13-6-4-5-9-15(13)16(17)10-11-19-14-7-2-1-3-8-14/h1-11H,12H2. The van der Waals surface area contributed by atoms with Crippen molar-refractivity contribution in [1.29, 1.82) is 0 Å². The maximum absolute atomic E-state index is 6.30. The molecule has 0 atom stereocenters. The first-order valence-electron chi connectivity index (χ1n) is 6.20. The summed E-state index contributed by atoms with van der Waals surface area (Å²) in [6.07, 6.45) is 4.43. The van der Waals surface area contributed by atoms with Gasteiger partial charge in [-0.25, -0.2) is 0 Å². The number of hydrogen-bond acceptors (Lipinski definition) is 1. The second-order valence-electron chi connectivity index (χ2n) is 4.39. The smallest absolute Gasteiger partial charge is 0.126 e. The zero-order chi connectivity index (χ0) is 13.1. The van der Waals surface area contributed by atoms with Crippen LogP contribution in [-0.2, 0) is 6.42 Å². The van der Waals surface area contributed by atoms with Gasteiger partial charge in [0.25, 0.3) is 0 Å². The Morgan fingerprint density at radius 3 is 2.53 bits per heavy atom. The molecule has 94 valence electrons. The molecule has 0 fully saturated rings. The Hall–Kier alpha value is -1.99. The maximum Gasteiger partial charge on any atom is 0.126 e. The number of halogens is 1. The van der Waals surface area contributed by atoms with Crippen LogP contribution in [0, 0.1) is 0 Å². The van der Waals surface area contributed by atoms with Gasteiger partial charge in [-0.3, -0.25) is 0 Å². The average Bonchev–Trinajstić information content (AvgIpc) is 2.76. The van der Waals surface area contributed by atoms with Crippen molar-refractivity contribution in [2.24, 2.45) is 0 Å². The van der Waals surface area contributed by atoms with Crippen LogP contribution in [0.25, 0.3) is 5.57 Å². The van der Waals surface area contributed by atoms with E-state index < -0.39 is 0 Å². The Balaban J connectivity index is 1.79. The van der Waals surface area contributed by atoms with E-state index in [0.29, 0.717) is 0 Å². The van der Waals surface area contributed by atoms with E-state index in [1.807, 2.05) is 48.5 Å². The summed E-state index contributed by atoms with van der Waals surface area (Å²) in [5.74, 6) is 0.821. The molecule has 0 unspecified atom stereocenters. The van der Waals surface area contributed by atoms with Gasteiger partial charge in [0.15, 0.2) is 0 Å².